The summed E-state index contributed by atoms with van der Waals surface area (Å²) in [4.78, 5) is 33.6. The van der Waals surface area contributed by atoms with Crippen molar-refractivity contribution in [3.05, 3.63) is 93.3 Å². The molecule has 0 unspecified atom stereocenters. The first kappa shape index (κ1) is 25.0. The third-order valence-electron chi connectivity index (χ3n) is 6.56. The summed E-state index contributed by atoms with van der Waals surface area (Å²) in [6.07, 6.45) is 0. The summed E-state index contributed by atoms with van der Waals surface area (Å²) in [5, 5.41) is 1.01. The number of carbonyl (C=O) groups excluding carboxylic acids is 1. The van der Waals surface area contributed by atoms with E-state index >= 15 is 0 Å². The molecule has 1 aliphatic rings. The van der Waals surface area contributed by atoms with Gasteiger partial charge < -0.3 is 14.4 Å². The van der Waals surface area contributed by atoms with Crippen LogP contribution in [0.2, 0.25) is 0 Å². The lowest BCUT2D eigenvalue weighted by Crippen LogP contribution is -2.40. The average molecular weight is 516 g/mol. The van der Waals surface area contributed by atoms with Gasteiger partial charge in [0.2, 0.25) is 0 Å². The zero-order valence-electron chi connectivity index (χ0n) is 21.2. The van der Waals surface area contributed by atoms with E-state index in [-0.39, 0.29) is 11.5 Å². The number of rotatable bonds is 6. The fraction of sp³-hybridized carbons (Fsp3) is 0.276. The number of aryl methyl sites for hydroxylation is 2. The molecule has 0 spiro atoms. The van der Waals surface area contributed by atoms with Crippen molar-refractivity contribution in [2.45, 2.75) is 24.8 Å². The van der Waals surface area contributed by atoms with Crippen LogP contribution in [0.25, 0.3) is 16.6 Å². The van der Waals surface area contributed by atoms with Crippen molar-refractivity contribution in [2.24, 2.45) is 0 Å². The molecule has 4 aromatic rings. The molecule has 0 saturated carbocycles. The van der Waals surface area contributed by atoms with Crippen LogP contribution in [0.5, 0.6) is 5.75 Å². The summed E-state index contributed by atoms with van der Waals surface area (Å²) >= 11 is 1.50. The lowest BCUT2D eigenvalue weighted by Gasteiger charge is -2.26. The molecular formula is C29H29N3O4S. The predicted octanol–water partition coefficient (Wildman–Crippen LogP) is 4.78. The number of hydrogen-bond donors (Lipinski definition) is 0. The van der Waals surface area contributed by atoms with Gasteiger partial charge in [-0.25, -0.2) is 4.98 Å². The van der Waals surface area contributed by atoms with Gasteiger partial charge in [0.1, 0.15) is 5.75 Å². The van der Waals surface area contributed by atoms with Gasteiger partial charge in [0, 0.05) is 30.5 Å². The molecule has 0 N–H and O–H groups in total. The number of amides is 1. The fourth-order valence-corrected chi connectivity index (χ4v) is 5.50. The van der Waals surface area contributed by atoms with E-state index in [2.05, 4.69) is 32.0 Å². The van der Waals surface area contributed by atoms with Crippen LogP contribution in [0.15, 0.2) is 70.6 Å². The maximum atomic E-state index is 13.8. The van der Waals surface area contributed by atoms with Gasteiger partial charge in [0.05, 0.1) is 36.9 Å². The van der Waals surface area contributed by atoms with Crippen LogP contribution in [0.1, 0.15) is 27.0 Å². The summed E-state index contributed by atoms with van der Waals surface area (Å²) in [5.74, 6) is 1.23. The highest BCUT2D eigenvalue weighted by Gasteiger charge is 2.21. The van der Waals surface area contributed by atoms with Crippen molar-refractivity contribution >= 4 is 28.6 Å². The molecule has 0 bridgehead atoms. The summed E-state index contributed by atoms with van der Waals surface area (Å²) in [6, 6.07) is 18.9. The Labute approximate surface area is 220 Å². The first-order chi connectivity index (χ1) is 17.9. The number of nitrogens with zero attached hydrogens (tertiary/aromatic N) is 3. The Balaban J connectivity index is 1.60. The molecule has 37 heavy (non-hydrogen) atoms. The lowest BCUT2D eigenvalue weighted by atomic mass is 10.1. The molecule has 8 heteroatoms. The number of ether oxygens (including phenoxy) is 2. The molecule has 1 aliphatic heterocycles. The molecule has 2 heterocycles. The second-order valence-electron chi connectivity index (χ2n) is 9.09. The van der Waals surface area contributed by atoms with E-state index in [0.29, 0.717) is 65.1 Å². The summed E-state index contributed by atoms with van der Waals surface area (Å²) in [7, 11) is 1.60. The second kappa shape index (κ2) is 10.8. The van der Waals surface area contributed by atoms with E-state index in [4.69, 9.17) is 14.5 Å². The third kappa shape index (κ3) is 5.26. The second-order valence-corrected chi connectivity index (χ2v) is 10.0. The fourth-order valence-electron chi connectivity index (χ4n) is 4.42. The van der Waals surface area contributed by atoms with Crippen LogP contribution >= 0.6 is 11.8 Å². The largest absolute Gasteiger partial charge is 0.497 e. The highest BCUT2D eigenvalue weighted by atomic mass is 32.2. The minimum absolute atomic E-state index is 0.0754. The first-order valence-electron chi connectivity index (χ1n) is 12.2. The van der Waals surface area contributed by atoms with Crippen LogP contribution in [-0.4, -0.2) is 53.8 Å². The zero-order chi connectivity index (χ0) is 25.9. The monoisotopic (exact) mass is 515 g/mol. The molecule has 1 fully saturated rings. The average Bonchev–Trinajstić information content (AvgIpc) is 2.93. The van der Waals surface area contributed by atoms with E-state index < -0.39 is 0 Å². The number of benzene rings is 3. The molecule has 1 saturated heterocycles. The molecule has 1 amide bonds. The number of morpholine rings is 1. The van der Waals surface area contributed by atoms with Gasteiger partial charge in [-0.2, -0.15) is 0 Å². The van der Waals surface area contributed by atoms with Gasteiger partial charge in [0.25, 0.3) is 11.5 Å². The van der Waals surface area contributed by atoms with Crippen molar-refractivity contribution in [2.75, 3.05) is 33.4 Å². The van der Waals surface area contributed by atoms with Gasteiger partial charge in [-0.3, -0.25) is 14.2 Å². The Morgan fingerprint density at radius 2 is 1.86 bits per heavy atom. The molecule has 0 radical (unpaired) electrons. The summed E-state index contributed by atoms with van der Waals surface area (Å²) in [6.45, 7) is 6.32. The summed E-state index contributed by atoms with van der Waals surface area (Å²) in [5.41, 5.74) is 5.07. The van der Waals surface area contributed by atoms with Crippen LogP contribution in [0, 0.1) is 13.8 Å². The standard InChI is InChI=1S/C29H29N3O4S/c1-19-7-8-20(2)22(15-19)18-37-29-30-26-16-21(27(33)31-11-13-36-14-12-31)9-10-25(26)28(34)32(29)23-5-4-6-24(17-23)35-3/h4-10,15-17H,11-14,18H2,1-3H3. The molecule has 5 rings (SSSR count). The van der Waals surface area contributed by atoms with Crippen LogP contribution < -0.4 is 10.3 Å². The number of methoxy groups -OCH3 is 1. The van der Waals surface area contributed by atoms with E-state index in [9.17, 15) is 9.59 Å². The molecular weight excluding hydrogens is 486 g/mol. The highest BCUT2D eigenvalue weighted by Crippen LogP contribution is 2.28. The van der Waals surface area contributed by atoms with E-state index in [1.807, 2.05) is 24.3 Å². The minimum atomic E-state index is -0.188. The van der Waals surface area contributed by atoms with Gasteiger partial charge in [-0.15, -0.1) is 0 Å². The lowest BCUT2D eigenvalue weighted by molar-refractivity contribution is 0.0303. The smallest absolute Gasteiger partial charge is 0.266 e. The molecule has 0 aliphatic carbocycles. The van der Waals surface area contributed by atoms with Gasteiger partial charge in [-0.05, 0) is 55.3 Å². The maximum absolute atomic E-state index is 13.8. The Morgan fingerprint density at radius 3 is 2.65 bits per heavy atom. The Bertz CT molecular complexity index is 1530. The highest BCUT2D eigenvalue weighted by molar-refractivity contribution is 7.98. The van der Waals surface area contributed by atoms with Crippen molar-refractivity contribution in [1.29, 1.82) is 0 Å². The number of fused-ring (bicyclic) bond motifs is 1. The first-order valence-corrected chi connectivity index (χ1v) is 13.2. The van der Waals surface area contributed by atoms with Crippen LogP contribution in [-0.2, 0) is 10.5 Å². The van der Waals surface area contributed by atoms with Crippen molar-refractivity contribution < 1.29 is 14.3 Å². The topological polar surface area (TPSA) is 73.7 Å². The van der Waals surface area contributed by atoms with Crippen molar-refractivity contribution in [3.8, 4) is 11.4 Å². The maximum Gasteiger partial charge on any atom is 0.266 e. The van der Waals surface area contributed by atoms with E-state index in [1.54, 1.807) is 34.8 Å². The molecule has 1 aromatic heterocycles. The number of hydrogen-bond acceptors (Lipinski definition) is 6. The molecule has 0 atom stereocenters. The summed E-state index contributed by atoms with van der Waals surface area (Å²) < 4.78 is 12.4. The van der Waals surface area contributed by atoms with E-state index in [0.717, 1.165) is 0 Å². The number of aromatic nitrogens is 2. The minimum Gasteiger partial charge on any atom is -0.497 e. The Kier molecular flexibility index (Phi) is 7.30. The van der Waals surface area contributed by atoms with Crippen molar-refractivity contribution in [1.82, 2.24) is 14.5 Å². The molecule has 7 nitrogen and oxygen atoms in total. The molecule has 190 valence electrons. The van der Waals surface area contributed by atoms with E-state index in [1.165, 1.54) is 28.5 Å². The van der Waals surface area contributed by atoms with Gasteiger partial charge in [-0.1, -0.05) is 41.6 Å². The van der Waals surface area contributed by atoms with Gasteiger partial charge >= 0.3 is 0 Å². The number of carbonyl (C=O) groups is 1. The zero-order valence-corrected chi connectivity index (χ0v) is 22.0. The SMILES string of the molecule is COc1cccc(-n2c(SCc3cc(C)ccc3C)nc3cc(C(=O)N4CCOCC4)ccc3c2=O)c1. The Morgan fingerprint density at radius 1 is 1.05 bits per heavy atom. The number of thioether (sulfide) groups is 1. The van der Waals surface area contributed by atoms with Crippen LogP contribution in [0.3, 0.4) is 0 Å². The van der Waals surface area contributed by atoms with Crippen LogP contribution in [0.4, 0.5) is 0 Å². The normalized spacial score (nSPS) is 13.6. The quantitative estimate of drug-likeness (QED) is 0.272. The molecule has 3 aromatic carbocycles. The van der Waals surface area contributed by atoms with Gasteiger partial charge in [0.15, 0.2) is 5.16 Å². The Hall–Kier alpha value is -3.62. The third-order valence-corrected chi connectivity index (χ3v) is 7.54. The van der Waals surface area contributed by atoms with Crippen molar-refractivity contribution in [3.63, 3.8) is 0 Å². The predicted molar refractivity (Wildman–Crippen MR) is 146 cm³/mol.